The van der Waals surface area contributed by atoms with Crippen molar-refractivity contribution in [2.75, 3.05) is 18.3 Å². The second-order valence-electron chi connectivity index (χ2n) is 8.84. The van der Waals surface area contributed by atoms with E-state index in [1.54, 1.807) is 36.4 Å². The van der Waals surface area contributed by atoms with Crippen LogP contribution in [0.5, 0.6) is 0 Å². The molecule has 0 atom stereocenters. The van der Waals surface area contributed by atoms with E-state index in [1.165, 1.54) is 0 Å². The standard InChI is InChI=1S/C31H24BrFN6O3/c32-25-20-24(16-17-26(25)33)39-29(38-41-30(39)40)27-28(37-42-36-27)34-18-19-35-31(21-10-4-1-5-11-21,22-12-6-2-7-13-22)23-14-8-3-9-15-23/h1-17,20,35H,18-19H2,(H,34,37)/i16D,18D2,19D2,20D. The molecule has 9 nitrogen and oxygen atoms in total. The Kier molecular flexibility index (Phi) is 5.94. The predicted octanol–water partition coefficient (Wildman–Crippen LogP) is 5.77. The number of nitrogens with zero attached hydrogens (tertiary/aromatic N) is 4. The first-order valence-corrected chi connectivity index (χ1v) is 13.3. The third-order valence-electron chi connectivity index (χ3n) is 6.42. The molecule has 210 valence electrons. The van der Waals surface area contributed by atoms with Crippen LogP contribution in [0.3, 0.4) is 0 Å². The fourth-order valence-electron chi connectivity index (χ4n) is 4.53. The number of aromatic nitrogens is 4. The summed E-state index contributed by atoms with van der Waals surface area (Å²) < 4.78 is 76.9. The van der Waals surface area contributed by atoms with Crippen LogP contribution in [-0.4, -0.2) is 33.0 Å². The molecule has 11 heteroatoms. The number of benzene rings is 4. The highest BCUT2D eigenvalue weighted by molar-refractivity contribution is 9.10. The van der Waals surface area contributed by atoms with Gasteiger partial charge in [-0.3, -0.25) is 9.84 Å². The normalized spacial score (nSPS) is 14.2. The number of rotatable bonds is 10. The SMILES string of the molecule is [2H]c1cc(F)c(Br)c([2H])c1-n1c(-c2nonc2NC([2H])([2H])C([2H])([2H])NC(c2ccccc2)(c2ccccc2)c2ccccc2)noc1=O. The van der Waals surface area contributed by atoms with Crippen LogP contribution in [0.25, 0.3) is 17.2 Å². The minimum atomic E-state index is -2.99. The molecule has 6 aromatic rings. The largest absolute Gasteiger partial charge is 0.446 e. The van der Waals surface area contributed by atoms with E-state index >= 15 is 0 Å². The van der Waals surface area contributed by atoms with E-state index in [0.717, 1.165) is 6.07 Å². The first kappa shape index (κ1) is 20.9. The van der Waals surface area contributed by atoms with Crippen LogP contribution >= 0.6 is 15.9 Å². The van der Waals surface area contributed by atoms with Crippen molar-refractivity contribution >= 4 is 21.7 Å². The third kappa shape index (κ3) is 5.15. The van der Waals surface area contributed by atoms with Crippen molar-refractivity contribution in [3.8, 4) is 17.2 Å². The average molecular weight is 634 g/mol. The molecule has 2 aromatic heterocycles. The summed E-state index contributed by atoms with van der Waals surface area (Å²) >= 11 is 2.93. The Morgan fingerprint density at radius 1 is 0.881 bits per heavy atom. The molecule has 4 aromatic carbocycles. The molecule has 0 bridgehead atoms. The zero-order valence-electron chi connectivity index (χ0n) is 27.5. The van der Waals surface area contributed by atoms with Crippen LogP contribution < -0.4 is 16.4 Å². The van der Waals surface area contributed by atoms with Crippen molar-refractivity contribution in [2.45, 2.75) is 5.54 Å². The molecule has 0 aliphatic heterocycles. The zero-order valence-corrected chi connectivity index (χ0v) is 23.1. The summed E-state index contributed by atoms with van der Waals surface area (Å²) in [7, 11) is 0. The molecule has 0 saturated carbocycles. The molecule has 0 amide bonds. The Morgan fingerprint density at radius 2 is 1.48 bits per heavy atom. The highest BCUT2D eigenvalue weighted by Crippen LogP contribution is 2.36. The lowest BCUT2D eigenvalue weighted by Crippen LogP contribution is -2.46. The summed E-state index contributed by atoms with van der Waals surface area (Å²) in [5.74, 6) is -3.04. The smallest absolute Gasteiger partial charge is 0.364 e. The van der Waals surface area contributed by atoms with Crippen molar-refractivity contribution in [3.63, 3.8) is 0 Å². The summed E-state index contributed by atoms with van der Waals surface area (Å²) in [6.45, 7) is -5.89. The molecule has 0 unspecified atom stereocenters. The fraction of sp³-hybridized carbons (Fsp3) is 0.0968. The maximum atomic E-state index is 14.2. The fourth-order valence-corrected chi connectivity index (χ4v) is 4.83. The van der Waals surface area contributed by atoms with Crippen LogP contribution in [0.15, 0.2) is 128 Å². The van der Waals surface area contributed by atoms with Gasteiger partial charge in [0.15, 0.2) is 5.69 Å². The van der Waals surface area contributed by atoms with Gasteiger partial charge < -0.3 is 5.32 Å². The zero-order chi connectivity index (χ0) is 34.3. The van der Waals surface area contributed by atoms with Gasteiger partial charge in [-0.2, -0.15) is 0 Å². The van der Waals surface area contributed by atoms with Gasteiger partial charge in [0.2, 0.25) is 11.6 Å². The second kappa shape index (κ2) is 11.9. The van der Waals surface area contributed by atoms with Crippen LogP contribution in [0.2, 0.25) is 0 Å². The van der Waals surface area contributed by atoms with Crippen molar-refractivity contribution < 1.29 is 21.8 Å². The van der Waals surface area contributed by atoms with E-state index in [2.05, 4.69) is 42.0 Å². The van der Waals surface area contributed by atoms with E-state index in [9.17, 15) is 9.18 Å². The van der Waals surface area contributed by atoms with Crippen molar-refractivity contribution in [2.24, 2.45) is 0 Å². The quantitative estimate of drug-likeness (QED) is 0.183. The van der Waals surface area contributed by atoms with Gasteiger partial charge >= 0.3 is 5.76 Å². The lowest BCUT2D eigenvalue weighted by Gasteiger charge is -2.37. The second-order valence-corrected chi connectivity index (χ2v) is 9.63. The van der Waals surface area contributed by atoms with Gasteiger partial charge in [-0.25, -0.2) is 18.4 Å². The first-order valence-electron chi connectivity index (χ1n) is 15.5. The van der Waals surface area contributed by atoms with Crippen LogP contribution in [0, 0.1) is 5.82 Å². The van der Waals surface area contributed by atoms with Crippen LogP contribution in [0.1, 0.15) is 24.9 Å². The predicted molar refractivity (Wildman–Crippen MR) is 159 cm³/mol. The molecule has 0 spiro atoms. The molecule has 2 N–H and O–H groups in total. The topological polar surface area (TPSA) is 111 Å². The molecule has 42 heavy (non-hydrogen) atoms. The lowest BCUT2D eigenvalue weighted by molar-refractivity contribution is 0.309. The molecule has 0 radical (unpaired) electrons. The van der Waals surface area contributed by atoms with E-state index in [-0.39, 0.29) is 4.47 Å². The molecule has 6 rings (SSSR count). The van der Waals surface area contributed by atoms with Gasteiger partial charge in [0.05, 0.1) is 21.2 Å². The van der Waals surface area contributed by atoms with Crippen LogP contribution in [0.4, 0.5) is 10.2 Å². The summed E-state index contributed by atoms with van der Waals surface area (Å²) in [6, 6.07) is 26.8. The number of halogens is 2. The van der Waals surface area contributed by atoms with E-state index in [4.69, 9.17) is 17.4 Å². The molecular weight excluding hydrogens is 603 g/mol. The molecule has 0 aliphatic rings. The maximum Gasteiger partial charge on any atom is 0.446 e. The highest BCUT2D eigenvalue weighted by Gasteiger charge is 2.35. The van der Waals surface area contributed by atoms with E-state index < -0.39 is 65.2 Å². The number of hydrogen-bond donors (Lipinski definition) is 2. The van der Waals surface area contributed by atoms with Crippen molar-refractivity contribution in [1.82, 2.24) is 25.4 Å². The van der Waals surface area contributed by atoms with Gasteiger partial charge in [-0.05, 0) is 61.1 Å². The number of anilines is 1. The molecule has 2 heterocycles. The van der Waals surface area contributed by atoms with Crippen LogP contribution in [-0.2, 0) is 5.54 Å². The summed E-state index contributed by atoms with van der Waals surface area (Å²) in [6.07, 6.45) is 0. The maximum absolute atomic E-state index is 14.2. The summed E-state index contributed by atoms with van der Waals surface area (Å²) in [5.41, 5.74) is -0.372. The lowest BCUT2D eigenvalue weighted by atomic mass is 9.77. The first-order chi connectivity index (χ1) is 22.9. The highest BCUT2D eigenvalue weighted by atomic mass is 79.9. The van der Waals surface area contributed by atoms with Crippen molar-refractivity contribution in [3.05, 3.63) is 147 Å². The van der Waals surface area contributed by atoms with Gasteiger partial charge in [-0.15, -0.1) is 0 Å². The van der Waals surface area contributed by atoms with Crippen molar-refractivity contribution in [1.29, 1.82) is 0 Å². The minimum absolute atomic E-state index is 0.335. The monoisotopic (exact) mass is 632 g/mol. The Labute approximate surface area is 256 Å². The Bertz CT molecular complexity index is 2030. The minimum Gasteiger partial charge on any atom is -0.364 e. The molecular formula is C31H24BrFN6O3. The van der Waals surface area contributed by atoms with Gasteiger partial charge in [0.25, 0.3) is 0 Å². The summed E-state index contributed by atoms with van der Waals surface area (Å²) in [4.78, 5) is 12.8. The Balaban J connectivity index is 1.44. The Hall–Kier alpha value is -4.87. The van der Waals surface area contributed by atoms with E-state index in [0.29, 0.717) is 21.3 Å². The number of hydrogen-bond acceptors (Lipinski definition) is 8. The van der Waals surface area contributed by atoms with Gasteiger partial charge in [0.1, 0.15) is 5.82 Å². The van der Waals surface area contributed by atoms with Gasteiger partial charge in [-0.1, -0.05) is 96.2 Å². The Morgan fingerprint density at radius 3 is 2.07 bits per heavy atom. The third-order valence-corrected chi connectivity index (χ3v) is 6.99. The molecule has 0 aliphatic carbocycles. The number of nitrogens with one attached hydrogen (secondary N) is 2. The van der Waals surface area contributed by atoms with E-state index in [1.807, 2.05) is 54.6 Å². The van der Waals surface area contributed by atoms with Gasteiger partial charge in [0, 0.05) is 15.7 Å². The average Bonchev–Trinajstić information content (AvgIpc) is 3.69. The summed E-state index contributed by atoms with van der Waals surface area (Å²) in [5, 5.41) is 16.4. The molecule has 0 saturated heterocycles. The molecule has 0 fully saturated rings.